The summed E-state index contributed by atoms with van der Waals surface area (Å²) in [7, 11) is 1.58. The van der Waals surface area contributed by atoms with Gasteiger partial charge in [0.25, 0.3) is 0 Å². The Hall–Kier alpha value is -0.320. The van der Waals surface area contributed by atoms with Gasteiger partial charge in [-0.05, 0) is 6.92 Å². The molecule has 0 saturated heterocycles. The average Bonchev–Trinajstić information content (AvgIpc) is 2.06. The van der Waals surface area contributed by atoms with Crippen molar-refractivity contribution in [1.82, 2.24) is 0 Å². The highest BCUT2D eigenvalue weighted by atomic mass is 127. The van der Waals surface area contributed by atoms with Crippen molar-refractivity contribution >= 4 is 28.8 Å². The van der Waals surface area contributed by atoms with Crippen LogP contribution >= 0.6 is 22.6 Å². The third kappa shape index (κ3) is 5.01. The molecule has 0 aliphatic rings. The minimum atomic E-state index is 0.578. The number of aliphatic imine (C=N–C) groups is 1. The summed E-state index contributed by atoms with van der Waals surface area (Å²) < 4.78 is 5.72. The Morgan fingerprint density at radius 2 is 2.36 bits per heavy atom. The molecule has 0 N–H and O–H groups in total. The first-order valence-corrected chi connectivity index (χ1v) is 4.75. The molecule has 0 aliphatic carbocycles. The molecule has 0 aliphatic heterocycles. The van der Waals surface area contributed by atoms with E-state index in [0.29, 0.717) is 5.76 Å². The van der Waals surface area contributed by atoms with Crippen molar-refractivity contribution in [1.29, 1.82) is 0 Å². The highest BCUT2D eigenvalue weighted by molar-refractivity contribution is 14.1. The van der Waals surface area contributed by atoms with Gasteiger partial charge < -0.3 is 4.74 Å². The first-order chi connectivity index (χ1) is 5.24. The normalized spacial score (nSPS) is 12.1. The van der Waals surface area contributed by atoms with E-state index in [-0.39, 0.29) is 0 Å². The van der Waals surface area contributed by atoms with Crippen molar-refractivity contribution < 1.29 is 4.74 Å². The molecule has 0 atom stereocenters. The first kappa shape index (κ1) is 10.7. The predicted octanol–water partition coefficient (Wildman–Crippen LogP) is 2.56. The fourth-order valence-corrected chi connectivity index (χ4v) is 1.03. The number of methoxy groups -OCH3 is 1. The molecule has 0 saturated carbocycles. The summed E-state index contributed by atoms with van der Waals surface area (Å²) in [6.07, 6.45) is 3.58. The van der Waals surface area contributed by atoms with Gasteiger partial charge in [-0.2, -0.15) is 0 Å². The maximum Gasteiger partial charge on any atom is 0.129 e. The molecule has 0 bridgehead atoms. The predicted molar refractivity (Wildman–Crippen MR) is 57.3 cm³/mol. The summed E-state index contributed by atoms with van der Waals surface area (Å²) in [5, 5.41) is 0. The topological polar surface area (TPSA) is 21.6 Å². The van der Waals surface area contributed by atoms with Crippen LogP contribution in [0.1, 0.15) is 6.92 Å². The Bertz CT molecular complexity index is 185. The van der Waals surface area contributed by atoms with Crippen molar-refractivity contribution in [2.45, 2.75) is 6.92 Å². The summed E-state index contributed by atoms with van der Waals surface area (Å²) in [6.45, 7) is 5.57. The van der Waals surface area contributed by atoms with Gasteiger partial charge in [0.2, 0.25) is 0 Å². The van der Waals surface area contributed by atoms with Crippen molar-refractivity contribution in [3.05, 3.63) is 24.1 Å². The van der Waals surface area contributed by atoms with Crippen LogP contribution < -0.4 is 0 Å². The zero-order valence-corrected chi connectivity index (χ0v) is 8.96. The van der Waals surface area contributed by atoms with Crippen molar-refractivity contribution in [2.24, 2.45) is 4.99 Å². The summed E-state index contributed by atoms with van der Waals surface area (Å²) in [4.78, 5) is 4.14. The monoisotopic (exact) mass is 265 g/mol. The Kier molecular flexibility index (Phi) is 6.21. The maximum atomic E-state index is 4.82. The molecule has 2 nitrogen and oxygen atoms in total. The first-order valence-electron chi connectivity index (χ1n) is 3.22. The Morgan fingerprint density at radius 1 is 1.73 bits per heavy atom. The van der Waals surface area contributed by atoms with Crippen molar-refractivity contribution in [2.75, 3.05) is 11.5 Å². The number of nitrogens with zero attached hydrogens (tertiary/aromatic N) is 1. The zero-order valence-electron chi connectivity index (χ0n) is 6.80. The molecule has 11 heavy (non-hydrogen) atoms. The van der Waals surface area contributed by atoms with Crippen LogP contribution in [0.15, 0.2) is 29.1 Å². The molecular weight excluding hydrogens is 253 g/mol. The summed E-state index contributed by atoms with van der Waals surface area (Å²) in [5.41, 5.74) is 1.03. The molecule has 0 aromatic heterocycles. The van der Waals surface area contributed by atoms with E-state index in [2.05, 4.69) is 34.2 Å². The molecule has 0 unspecified atom stereocenters. The second-order valence-corrected chi connectivity index (χ2v) is 2.61. The van der Waals surface area contributed by atoms with Gasteiger partial charge in [0.1, 0.15) is 5.76 Å². The number of alkyl halides is 1. The number of ether oxygens (including phenoxy) is 1. The lowest BCUT2D eigenvalue weighted by atomic mass is 10.5. The second kappa shape index (κ2) is 6.39. The van der Waals surface area contributed by atoms with Crippen LogP contribution in [0.4, 0.5) is 0 Å². The van der Waals surface area contributed by atoms with Crippen LogP contribution in [-0.4, -0.2) is 17.8 Å². The van der Waals surface area contributed by atoms with E-state index in [1.54, 1.807) is 13.3 Å². The van der Waals surface area contributed by atoms with Gasteiger partial charge in [-0.25, -0.2) is 0 Å². The largest absolute Gasteiger partial charge is 0.496 e. The van der Waals surface area contributed by atoms with Gasteiger partial charge in [-0.15, -0.1) is 0 Å². The smallest absolute Gasteiger partial charge is 0.129 e. The molecule has 3 heteroatoms. The molecule has 0 radical (unpaired) electrons. The Morgan fingerprint density at radius 3 is 2.73 bits per heavy atom. The number of allylic oxidation sites excluding steroid dienone is 3. The number of hydrogen-bond donors (Lipinski definition) is 0. The summed E-state index contributed by atoms with van der Waals surface area (Å²) in [5.74, 6) is 0.578. The van der Waals surface area contributed by atoms with E-state index < -0.39 is 0 Å². The Balaban J connectivity index is 4.00. The Labute approximate surface area is 81.2 Å². The molecule has 0 amide bonds. The molecule has 0 spiro atoms. The van der Waals surface area contributed by atoms with Crippen molar-refractivity contribution in [3.8, 4) is 0 Å². The second-order valence-electron chi connectivity index (χ2n) is 1.84. The van der Waals surface area contributed by atoms with E-state index in [9.17, 15) is 0 Å². The van der Waals surface area contributed by atoms with E-state index in [4.69, 9.17) is 4.74 Å². The van der Waals surface area contributed by atoms with Crippen molar-refractivity contribution in [3.63, 3.8) is 0 Å². The zero-order chi connectivity index (χ0) is 8.69. The summed E-state index contributed by atoms with van der Waals surface area (Å²) >= 11 is 2.26. The molecule has 0 aromatic rings. The lowest BCUT2D eigenvalue weighted by Crippen LogP contribution is -1.86. The minimum absolute atomic E-state index is 0.578. The lowest BCUT2D eigenvalue weighted by molar-refractivity contribution is 0.319. The van der Waals surface area contributed by atoms with Gasteiger partial charge in [0.15, 0.2) is 0 Å². The number of hydrogen-bond acceptors (Lipinski definition) is 2. The SMILES string of the molecule is C=C(C=N/C(=C\C)CI)OC. The number of rotatable bonds is 4. The van der Waals surface area contributed by atoms with E-state index >= 15 is 0 Å². The van der Waals surface area contributed by atoms with Crippen LogP contribution in [0.5, 0.6) is 0 Å². The molecular formula is C8H12INO. The molecule has 0 fully saturated rings. The average molecular weight is 265 g/mol. The minimum Gasteiger partial charge on any atom is -0.496 e. The molecule has 62 valence electrons. The quantitative estimate of drug-likeness (QED) is 0.331. The van der Waals surface area contributed by atoms with Gasteiger partial charge >= 0.3 is 0 Å². The fraction of sp³-hybridized carbons (Fsp3) is 0.375. The van der Waals surface area contributed by atoms with Crippen LogP contribution in [0.25, 0.3) is 0 Å². The van der Waals surface area contributed by atoms with Crippen LogP contribution in [0, 0.1) is 0 Å². The maximum absolute atomic E-state index is 4.82. The van der Waals surface area contributed by atoms with Crippen LogP contribution in [-0.2, 0) is 4.74 Å². The fourth-order valence-electron chi connectivity index (χ4n) is 0.394. The third-order valence-corrected chi connectivity index (χ3v) is 1.89. The van der Waals surface area contributed by atoms with Gasteiger partial charge in [0, 0.05) is 10.1 Å². The highest BCUT2D eigenvalue weighted by Crippen LogP contribution is 2.01. The van der Waals surface area contributed by atoms with E-state index in [1.165, 1.54) is 0 Å². The molecule has 0 aromatic carbocycles. The third-order valence-electron chi connectivity index (χ3n) is 1.11. The van der Waals surface area contributed by atoms with E-state index in [0.717, 1.165) is 10.1 Å². The van der Waals surface area contributed by atoms with Gasteiger partial charge in [0.05, 0.1) is 13.3 Å². The highest BCUT2D eigenvalue weighted by Gasteiger charge is 1.87. The van der Waals surface area contributed by atoms with Gasteiger partial charge in [-0.1, -0.05) is 35.2 Å². The molecule has 0 rings (SSSR count). The number of halogens is 1. The standard InChI is InChI=1S/C8H12INO/c1-4-8(5-9)10-6-7(2)11-3/h4,6H,2,5H2,1,3H3/b8-4-,10-6?. The summed E-state index contributed by atoms with van der Waals surface area (Å²) in [6, 6.07) is 0. The van der Waals surface area contributed by atoms with Crippen LogP contribution in [0.3, 0.4) is 0 Å². The van der Waals surface area contributed by atoms with E-state index in [1.807, 2.05) is 13.0 Å². The lowest BCUT2D eigenvalue weighted by Gasteiger charge is -1.96. The van der Waals surface area contributed by atoms with Gasteiger partial charge in [-0.3, -0.25) is 4.99 Å². The molecule has 0 heterocycles. The van der Waals surface area contributed by atoms with Crippen LogP contribution in [0.2, 0.25) is 0 Å².